The molecule has 0 aromatic heterocycles. The van der Waals surface area contributed by atoms with Crippen molar-refractivity contribution in [1.82, 2.24) is 0 Å². The van der Waals surface area contributed by atoms with E-state index in [-0.39, 0.29) is 11.6 Å². The molecule has 0 fully saturated rings. The number of hydrogen-bond donors (Lipinski definition) is 1. The number of rotatable bonds is 4. The highest BCUT2D eigenvalue weighted by molar-refractivity contribution is 7.80. The van der Waals surface area contributed by atoms with E-state index in [0.717, 1.165) is 11.3 Å². The molecule has 0 spiro atoms. The van der Waals surface area contributed by atoms with Gasteiger partial charge in [0, 0.05) is 36.5 Å². The van der Waals surface area contributed by atoms with Crippen LogP contribution in [0.3, 0.4) is 0 Å². The van der Waals surface area contributed by atoms with Crippen molar-refractivity contribution in [1.29, 1.82) is 0 Å². The van der Waals surface area contributed by atoms with Gasteiger partial charge in [-0.25, -0.2) is 0 Å². The van der Waals surface area contributed by atoms with Gasteiger partial charge in [-0.2, -0.15) is 12.6 Å². The van der Waals surface area contributed by atoms with Gasteiger partial charge in [-0.1, -0.05) is 12.2 Å². The van der Waals surface area contributed by atoms with Crippen LogP contribution < -0.4 is 4.90 Å². The number of aryl methyl sites for hydroxylation is 1. The molecule has 0 N–H and O–H groups in total. The molecule has 0 atom stereocenters. The summed E-state index contributed by atoms with van der Waals surface area (Å²) in [6.45, 7) is 0.476. The van der Waals surface area contributed by atoms with E-state index in [0.29, 0.717) is 25.1 Å². The van der Waals surface area contributed by atoms with Gasteiger partial charge in [0.2, 0.25) is 5.91 Å². The Morgan fingerprint density at radius 3 is 2.84 bits per heavy atom. The van der Waals surface area contributed by atoms with Gasteiger partial charge in [0.05, 0.1) is 4.92 Å². The summed E-state index contributed by atoms with van der Waals surface area (Å²) < 4.78 is 0. The Morgan fingerprint density at radius 2 is 2.16 bits per heavy atom. The summed E-state index contributed by atoms with van der Waals surface area (Å²) in [5, 5.41) is 10.7. The van der Waals surface area contributed by atoms with Crippen molar-refractivity contribution in [3.05, 3.63) is 46.0 Å². The highest BCUT2D eigenvalue weighted by Gasteiger charge is 2.24. The maximum Gasteiger partial charge on any atom is 0.269 e. The summed E-state index contributed by atoms with van der Waals surface area (Å²) in [5.74, 6) is 0.667. The Morgan fingerprint density at radius 1 is 1.37 bits per heavy atom. The van der Waals surface area contributed by atoms with Gasteiger partial charge >= 0.3 is 0 Å². The smallest absolute Gasteiger partial charge is 0.269 e. The van der Waals surface area contributed by atoms with Crippen LogP contribution in [0.15, 0.2) is 30.4 Å². The van der Waals surface area contributed by atoms with Crippen LogP contribution in [0.5, 0.6) is 0 Å². The first kappa shape index (κ1) is 13.6. The van der Waals surface area contributed by atoms with E-state index in [1.165, 1.54) is 6.07 Å². The fourth-order valence-electron chi connectivity index (χ4n) is 2.11. The van der Waals surface area contributed by atoms with Crippen LogP contribution in [0.2, 0.25) is 0 Å². The molecule has 0 bridgehead atoms. The lowest BCUT2D eigenvalue weighted by atomic mass is 10.0. The third-order valence-corrected chi connectivity index (χ3v) is 3.24. The first-order valence-electron chi connectivity index (χ1n) is 5.97. The molecule has 1 aromatic carbocycles. The second kappa shape index (κ2) is 5.88. The van der Waals surface area contributed by atoms with E-state index in [1.54, 1.807) is 17.0 Å². The third kappa shape index (κ3) is 2.96. The number of hydrogen-bond acceptors (Lipinski definition) is 4. The highest BCUT2D eigenvalue weighted by atomic mass is 32.1. The lowest BCUT2D eigenvalue weighted by molar-refractivity contribution is -0.384. The van der Waals surface area contributed by atoms with Crippen molar-refractivity contribution in [2.75, 3.05) is 17.2 Å². The Kier molecular flexibility index (Phi) is 4.21. The molecule has 1 amide bonds. The summed E-state index contributed by atoms with van der Waals surface area (Å²) >= 11 is 4.07. The molecule has 0 unspecified atom stereocenters. The van der Waals surface area contributed by atoms with Crippen molar-refractivity contribution in [2.45, 2.75) is 12.8 Å². The quantitative estimate of drug-likeness (QED) is 0.398. The van der Waals surface area contributed by atoms with Crippen molar-refractivity contribution in [2.24, 2.45) is 0 Å². The summed E-state index contributed by atoms with van der Waals surface area (Å²) in [5.41, 5.74) is 1.69. The van der Waals surface area contributed by atoms with Crippen molar-refractivity contribution >= 4 is 29.9 Å². The second-order valence-electron chi connectivity index (χ2n) is 4.23. The molecule has 1 aliphatic rings. The number of fused-ring (bicyclic) bond motifs is 1. The van der Waals surface area contributed by atoms with Crippen molar-refractivity contribution in [3.63, 3.8) is 0 Å². The number of nitro benzene ring substituents is 1. The average molecular weight is 278 g/mol. The summed E-state index contributed by atoms with van der Waals surface area (Å²) in [4.78, 5) is 23.9. The standard InChI is InChI=1S/C13H14N2O3S/c16-13-6-3-10-9-11(15(17)18)4-5-12(10)14(13)7-1-2-8-19/h1-2,4-5,9,19H,3,6-8H2. The van der Waals surface area contributed by atoms with Crippen LogP contribution in [-0.2, 0) is 11.2 Å². The normalized spacial score (nSPS) is 14.8. The molecule has 0 aliphatic carbocycles. The largest absolute Gasteiger partial charge is 0.308 e. The molecule has 0 radical (unpaired) electrons. The zero-order valence-corrected chi connectivity index (χ0v) is 11.2. The molecular weight excluding hydrogens is 264 g/mol. The third-order valence-electron chi connectivity index (χ3n) is 3.03. The zero-order valence-electron chi connectivity index (χ0n) is 10.3. The van der Waals surface area contributed by atoms with Crippen molar-refractivity contribution < 1.29 is 9.72 Å². The monoisotopic (exact) mass is 278 g/mol. The van der Waals surface area contributed by atoms with E-state index in [9.17, 15) is 14.9 Å². The first-order valence-corrected chi connectivity index (χ1v) is 6.60. The van der Waals surface area contributed by atoms with Crippen molar-refractivity contribution in [3.8, 4) is 0 Å². The lowest BCUT2D eigenvalue weighted by Crippen LogP contribution is -2.35. The van der Waals surface area contributed by atoms with Gasteiger partial charge in [-0.05, 0) is 18.1 Å². The maximum atomic E-state index is 11.9. The summed E-state index contributed by atoms with van der Waals surface area (Å²) in [6.07, 6.45) is 4.70. The van der Waals surface area contributed by atoms with E-state index < -0.39 is 4.92 Å². The summed E-state index contributed by atoms with van der Waals surface area (Å²) in [6, 6.07) is 4.64. The molecule has 19 heavy (non-hydrogen) atoms. The molecule has 0 saturated heterocycles. The molecular formula is C13H14N2O3S. The van der Waals surface area contributed by atoms with Crippen LogP contribution in [0.1, 0.15) is 12.0 Å². The van der Waals surface area contributed by atoms with Crippen LogP contribution in [0.4, 0.5) is 11.4 Å². The van der Waals surface area contributed by atoms with Crippen LogP contribution in [0, 0.1) is 10.1 Å². The van der Waals surface area contributed by atoms with Crippen LogP contribution >= 0.6 is 12.6 Å². The molecule has 100 valence electrons. The fourth-order valence-corrected chi connectivity index (χ4v) is 2.26. The van der Waals surface area contributed by atoms with Gasteiger partial charge in [-0.15, -0.1) is 0 Å². The Bertz CT molecular complexity index is 543. The highest BCUT2D eigenvalue weighted by Crippen LogP contribution is 2.30. The van der Waals surface area contributed by atoms with Crippen LogP contribution in [0.25, 0.3) is 0 Å². The van der Waals surface area contributed by atoms with E-state index >= 15 is 0 Å². The average Bonchev–Trinajstić information content (AvgIpc) is 2.40. The number of amides is 1. The number of thiol groups is 1. The Balaban J connectivity index is 2.31. The number of anilines is 1. The van der Waals surface area contributed by atoms with Crippen LogP contribution in [-0.4, -0.2) is 23.1 Å². The van der Waals surface area contributed by atoms with E-state index in [2.05, 4.69) is 12.6 Å². The van der Waals surface area contributed by atoms with Gasteiger partial charge in [0.15, 0.2) is 0 Å². The van der Waals surface area contributed by atoms with E-state index in [1.807, 2.05) is 12.2 Å². The number of nitro groups is 1. The number of carbonyl (C=O) groups is 1. The minimum absolute atomic E-state index is 0.0465. The number of nitrogens with zero attached hydrogens (tertiary/aromatic N) is 2. The topological polar surface area (TPSA) is 63.4 Å². The van der Waals surface area contributed by atoms with Gasteiger partial charge in [-0.3, -0.25) is 14.9 Å². The van der Waals surface area contributed by atoms with Gasteiger partial charge in [0.1, 0.15) is 0 Å². The fraction of sp³-hybridized carbons (Fsp3) is 0.308. The number of non-ortho nitro benzene ring substituents is 1. The molecule has 1 aromatic rings. The molecule has 2 rings (SSSR count). The van der Waals surface area contributed by atoms with Gasteiger partial charge < -0.3 is 4.90 Å². The molecule has 5 nitrogen and oxygen atoms in total. The van der Waals surface area contributed by atoms with Gasteiger partial charge in [0.25, 0.3) is 5.69 Å². The Labute approximate surface area is 116 Å². The zero-order chi connectivity index (χ0) is 13.8. The molecule has 1 aliphatic heterocycles. The minimum Gasteiger partial charge on any atom is -0.308 e. The molecule has 0 saturated carbocycles. The molecule has 1 heterocycles. The van der Waals surface area contributed by atoms with E-state index in [4.69, 9.17) is 0 Å². The predicted octanol–water partition coefficient (Wildman–Crippen LogP) is 2.36. The minimum atomic E-state index is -0.415. The predicted molar refractivity (Wildman–Crippen MR) is 76.8 cm³/mol. The lowest BCUT2D eigenvalue weighted by Gasteiger charge is -2.28. The Hall–Kier alpha value is -1.82. The second-order valence-corrected chi connectivity index (χ2v) is 4.59. The number of carbonyl (C=O) groups excluding carboxylic acids is 1. The maximum absolute atomic E-state index is 11.9. The number of benzene rings is 1. The molecule has 6 heteroatoms. The SMILES string of the molecule is O=C1CCc2cc([N+](=O)[O-])ccc2N1CC=CCS. The summed E-state index contributed by atoms with van der Waals surface area (Å²) in [7, 11) is 0. The first-order chi connectivity index (χ1) is 9.13.